The highest BCUT2D eigenvalue weighted by Crippen LogP contribution is 2.09. The molecular weight excluding hydrogens is 1080 g/mol. The minimum absolute atomic E-state index is 0.324. The number of carboxylic acid groups (broad SMARTS) is 2. The molecule has 0 aliphatic carbocycles. The van der Waals surface area contributed by atoms with Gasteiger partial charge in [-0.05, 0) is 77.0 Å². The van der Waals surface area contributed by atoms with Gasteiger partial charge in [-0.25, -0.2) is 0 Å². The van der Waals surface area contributed by atoms with E-state index in [9.17, 15) is 9.59 Å². The zero-order valence-electron chi connectivity index (χ0n) is 49.6. The molecule has 0 atom stereocenters. The van der Waals surface area contributed by atoms with Crippen LogP contribution in [-0.2, 0) is 9.59 Å². The van der Waals surface area contributed by atoms with E-state index in [-0.39, 0.29) is 92.5 Å². The first-order valence-electron chi connectivity index (χ1n) is 28.5. The van der Waals surface area contributed by atoms with Gasteiger partial charge in [-0.2, -0.15) is 0 Å². The van der Waals surface area contributed by atoms with Crippen LogP contribution in [0.3, 0.4) is 0 Å². The molecule has 0 spiro atoms. The van der Waals surface area contributed by atoms with Crippen molar-refractivity contribution in [3.8, 4) is 0 Å². The first-order valence-corrected chi connectivity index (χ1v) is 28.5. The minimum Gasteiger partial charge on any atom is -0.481 e. The third-order valence-electron chi connectivity index (χ3n) is 9.63. The van der Waals surface area contributed by atoms with Gasteiger partial charge in [0.15, 0.2) is 0 Å². The maximum absolute atomic E-state index is 10.3. The van der Waals surface area contributed by atoms with Crippen molar-refractivity contribution in [3.63, 3.8) is 0 Å². The van der Waals surface area contributed by atoms with Crippen molar-refractivity contribution in [2.75, 3.05) is 92.5 Å². The second kappa shape index (κ2) is 94.4. The van der Waals surface area contributed by atoms with Gasteiger partial charge in [0.1, 0.15) is 42.7 Å². The summed E-state index contributed by atoms with van der Waals surface area (Å²) in [6, 6.07) is 0. The van der Waals surface area contributed by atoms with Crippen LogP contribution in [0.1, 0.15) is 168 Å². The molecule has 0 amide bonds. The first kappa shape index (κ1) is 98.1. The monoisotopic (exact) mass is 1200 g/mol. The SMILES string of the molecule is CCCCC/C=C\C/C=C\CCCCCCCC(=O)O.CCCCC/C=C\C/C=C\CCCCCCCC(=O)O.OCC(O)CO.OCC(O)CO.OCC(O)CO.OCC(O)CO.OCC(O)CO.OCC(O)CO.OCC(O)CO. The normalized spacial score (nSPS) is 10.8. The highest BCUT2D eigenvalue weighted by molar-refractivity contribution is 5.66. The Morgan fingerprint density at radius 2 is 0.415 bits per heavy atom. The van der Waals surface area contributed by atoms with Gasteiger partial charge in [0.2, 0.25) is 0 Å². The van der Waals surface area contributed by atoms with E-state index in [4.69, 9.17) is 117 Å². The van der Waals surface area contributed by atoms with Crippen molar-refractivity contribution in [3.05, 3.63) is 48.6 Å². The van der Waals surface area contributed by atoms with Gasteiger partial charge in [0.25, 0.3) is 0 Å². The quantitative estimate of drug-likeness (QED) is 0.0284. The van der Waals surface area contributed by atoms with Crippen LogP contribution in [0.2, 0.25) is 0 Å². The predicted molar refractivity (Wildman–Crippen MR) is 315 cm³/mol. The second-order valence-corrected chi connectivity index (χ2v) is 17.9. The molecule has 0 radical (unpaired) electrons. The van der Waals surface area contributed by atoms with Crippen LogP contribution in [0.15, 0.2) is 48.6 Å². The van der Waals surface area contributed by atoms with E-state index >= 15 is 0 Å². The molecule has 82 heavy (non-hydrogen) atoms. The molecule has 0 bridgehead atoms. The number of aliphatic carboxylic acids is 2. The van der Waals surface area contributed by atoms with Crippen LogP contribution in [0.4, 0.5) is 0 Å². The molecule has 0 aromatic rings. The van der Waals surface area contributed by atoms with Crippen molar-refractivity contribution in [2.24, 2.45) is 0 Å². The lowest BCUT2D eigenvalue weighted by molar-refractivity contribution is -0.138. The van der Waals surface area contributed by atoms with Gasteiger partial charge in [-0.15, -0.1) is 0 Å². The molecule has 0 aliphatic heterocycles. The highest BCUT2D eigenvalue weighted by atomic mass is 16.4. The second-order valence-electron chi connectivity index (χ2n) is 17.9. The summed E-state index contributed by atoms with van der Waals surface area (Å²) < 4.78 is 0. The number of aliphatic hydroxyl groups excluding tert-OH is 21. The van der Waals surface area contributed by atoms with Crippen molar-refractivity contribution >= 4 is 11.9 Å². The molecule has 25 heteroatoms. The summed E-state index contributed by atoms with van der Waals surface area (Å²) in [6.07, 6.45) is 37.9. The van der Waals surface area contributed by atoms with Crippen molar-refractivity contribution in [1.82, 2.24) is 0 Å². The number of allylic oxidation sites excluding steroid dienone is 8. The van der Waals surface area contributed by atoms with Gasteiger partial charge in [0.05, 0.1) is 92.5 Å². The van der Waals surface area contributed by atoms with E-state index in [2.05, 4.69) is 62.5 Å². The summed E-state index contributed by atoms with van der Waals surface area (Å²) in [5.41, 5.74) is 0. The third kappa shape index (κ3) is 128. The Kier molecular flexibility index (Phi) is 113. The van der Waals surface area contributed by atoms with Crippen LogP contribution >= 0.6 is 0 Å². The summed E-state index contributed by atoms with van der Waals surface area (Å²) in [5, 5.41) is 185. The number of carbonyl (C=O) groups is 2. The number of unbranched alkanes of at least 4 members (excludes halogenated alkanes) is 16. The van der Waals surface area contributed by atoms with Crippen molar-refractivity contribution < 1.29 is 127 Å². The Bertz CT molecular complexity index is 1050. The summed E-state index contributed by atoms with van der Waals surface area (Å²) >= 11 is 0. The summed E-state index contributed by atoms with van der Waals surface area (Å²) in [5.74, 6) is -1.34. The van der Waals surface area contributed by atoms with Gasteiger partial charge in [-0.1, -0.05) is 127 Å². The van der Waals surface area contributed by atoms with Crippen molar-refractivity contribution in [2.45, 2.75) is 211 Å². The fourth-order valence-corrected chi connectivity index (χ4v) is 4.58. The maximum atomic E-state index is 10.3. The van der Waals surface area contributed by atoms with E-state index in [0.717, 1.165) is 51.4 Å². The van der Waals surface area contributed by atoms with E-state index < -0.39 is 54.7 Å². The molecule has 0 aromatic carbocycles. The van der Waals surface area contributed by atoms with Crippen LogP contribution < -0.4 is 0 Å². The molecule has 0 rings (SSSR count). The molecule has 498 valence electrons. The van der Waals surface area contributed by atoms with E-state index in [1.165, 1.54) is 89.9 Å². The summed E-state index contributed by atoms with van der Waals surface area (Å²) in [7, 11) is 0. The van der Waals surface area contributed by atoms with E-state index in [1.54, 1.807) is 0 Å². The molecule has 0 heterocycles. The predicted octanol–water partition coefficient (Wildman–Crippen LogP) is 0.0923. The molecular formula is C57H120O25. The van der Waals surface area contributed by atoms with Gasteiger partial charge < -0.3 is 117 Å². The molecule has 0 unspecified atom stereocenters. The zero-order valence-corrected chi connectivity index (χ0v) is 49.6. The Hall–Kier alpha value is -2.94. The number of carboxylic acids is 2. The molecule has 23 N–H and O–H groups in total. The minimum atomic E-state index is -0.954. The molecule has 0 aromatic heterocycles. The van der Waals surface area contributed by atoms with E-state index in [1.807, 2.05) is 0 Å². The third-order valence-corrected chi connectivity index (χ3v) is 9.63. The average Bonchev–Trinajstić information content (AvgIpc) is 3.50. The molecule has 0 saturated heterocycles. The van der Waals surface area contributed by atoms with Crippen LogP contribution in [0.25, 0.3) is 0 Å². The molecule has 0 saturated carbocycles. The van der Waals surface area contributed by atoms with Crippen molar-refractivity contribution in [1.29, 1.82) is 0 Å². The number of aliphatic hydroxyl groups is 21. The zero-order chi connectivity index (χ0) is 64.7. The largest absolute Gasteiger partial charge is 0.481 e. The van der Waals surface area contributed by atoms with Gasteiger partial charge in [0, 0.05) is 12.8 Å². The summed E-state index contributed by atoms with van der Waals surface area (Å²) in [4.78, 5) is 20.6. The lowest BCUT2D eigenvalue weighted by Gasteiger charge is -1.98. The Balaban J connectivity index is -0.000000112. The number of hydrogen-bond donors (Lipinski definition) is 23. The Morgan fingerprint density at radius 3 is 0.561 bits per heavy atom. The fourth-order valence-electron chi connectivity index (χ4n) is 4.58. The first-order chi connectivity index (χ1) is 39.2. The lowest BCUT2D eigenvalue weighted by atomic mass is 10.1. The lowest BCUT2D eigenvalue weighted by Crippen LogP contribution is -2.15. The Labute approximate surface area is 489 Å². The topological polar surface area (TPSA) is 499 Å². The summed E-state index contributed by atoms with van der Waals surface area (Å²) in [6.45, 7) is -0.635. The van der Waals surface area contributed by atoms with E-state index in [0.29, 0.717) is 12.8 Å². The molecule has 0 aliphatic rings. The average molecular weight is 1210 g/mol. The highest BCUT2D eigenvalue weighted by Gasteiger charge is 1.99. The smallest absolute Gasteiger partial charge is 0.303 e. The van der Waals surface area contributed by atoms with Crippen LogP contribution in [0, 0.1) is 0 Å². The Morgan fingerprint density at radius 1 is 0.256 bits per heavy atom. The van der Waals surface area contributed by atoms with Gasteiger partial charge in [-0.3, -0.25) is 9.59 Å². The van der Waals surface area contributed by atoms with Crippen LogP contribution in [-0.4, -0.2) is 265 Å². The fraction of sp³-hybridized carbons (Fsp3) is 0.825. The number of hydrogen-bond acceptors (Lipinski definition) is 23. The number of rotatable bonds is 42. The van der Waals surface area contributed by atoms with Crippen LogP contribution in [0.5, 0.6) is 0 Å². The van der Waals surface area contributed by atoms with Gasteiger partial charge >= 0.3 is 11.9 Å². The standard InChI is InChI=1S/2C18H32O2.7C3H8O3/c2*1-2-3-4-5-6-7-8-9-10-11-12-13-14-15-16-17-18(19)20;7*4-1-3(6)2-5/h2*6-7,9-10H,2-5,8,11-17H2,1H3,(H,19,20);7*3-6H,1-2H2/b2*7-6-,10-9-;;;;;;;. The molecule has 0 fully saturated rings. The molecule has 25 nitrogen and oxygen atoms in total. The maximum Gasteiger partial charge on any atom is 0.303 e.